The molecule has 1 amide bonds. The number of carbonyl (C=O) groups is 1. The van der Waals surface area contributed by atoms with Crippen molar-refractivity contribution >= 4 is 33.0 Å². The molecule has 1 rings (SSSR count). The first-order chi connectivity index (χ1) is 7.64. The van der Waals surface area contributed by atoms with Crippen LogP contribution in [0.5, 0.6) is 0 Å². The van der Waals surface area contributed by atoms with Gasteiger partial charge in [-0.05, 0) is 26.0 Å². The Bertz CT molecular complexity index is 540. The van der Waals surface area contributed by atoms with Gasteiger partial charge < -0.3 is 5.32 Å². The Morgan fingerprint density at radius 3 is 2.53 bits per heavy atom. The van der Waals surface area contributed by atoms with Crippen molar-refractivity contribution in [1.82, 2.24) is 4.98 Å². The van der Waals surface area contributed by atoms with E-state index < -0.39 is 20.5 Å². The molecule has 5 nitrogen and oxygen atoms in total. The van der Waals surface area contributed by atoms with E-state index in [-0.39, 0.29) is 5.15 Å². The molecule has 94 valence electrons. The predicted molar refractivity (Wildman–Crippen MR) is 66.8 cm³/mol. The van der Waals surface area contributed by atoms with Crippen LogP contribution in [-0.4, -0.2) is 30.3 Å². The first-order valence-electron chi connectivity index (χ1n) is 4.77. The summed E-state index contributed by atoms with van der Waals surface area (Å²) in [5.74, 6) is -0.609. The molecule has 0 aliphatic carbocycles. The first-order valence-corrected chi connectivity index (χ1v) is 7.04. The van der Waals surface area contributed by atoms with Crippen molar-refractivity contribution < 1.29 is 13.2 Å². The van der Waals surface area contributed by atoms with E-state index in [4.69, 9.17) is 11.6 Å². The van der Waals surface area contributed by atoms with Crippen LogP contribution in [0.25, 0.3) is 0 Å². The van der Waals surface area contributed by atoms with Crippen molar-refractivity contribution in [2.24, 2.45) is 0 Å². The molecule has 0 saturated heterocycles. The molecular formula is C10H13ClN2O3S. The fourth-order valence-electron chi connectivity index (χ4n) is 0.930. The average molecular weight is 277 g/mol. The molecule has 0 aliphatic heterocycles. The van der Waals surface area contributed by atoms with Crippen LogP contribution in [-0.2, 0) is 14.6 Å². The fraction of sp³-hybridized carbons (Fsp3) is 0.400. The van der Waals surface area contributed by atoms with Crippen LogP contribution < -0.4 is 5.32 Å². The molecule has 1 heterocycles. The third-order valence-electron chi connectivity index (χ3n) is 2.46. The lowest BCUT2D eigenvalue weighted by Crippen LogP contribution is -2.43. The molecule has 0 atom stereocenters. The maximum absolute atomic E-state index is 11.8. The number of rotatable bonds is 3. The first kappa shape index (κ1) is 13.9. The highest BCUT2D eigenvalue weighted by molar-refractivity contribution is 7.92. The van der Waals surface area contributed by atoms with Crippen LogP contribution in [0.4, 0.5) is 5.69 Å². The van der Waals surface area contributed by atoms with Gasteiger partial charge in [0.2, 0.25) is 5.91 Å². The van der Waals surface area contributed by atoms with Gasteiger partial charge >= 0.3 is 0 Å². The van der Waals surface area contributed by atoms with E-state index in [1.165, 1.54) is 32.2 Å². The molecular weight excluding hydrogens is 264 g/mol. The number of hydrogen-bond acceptors (Lipinski definition) is 4. The van der Waals surface area contributed by atoms with E-state index in [1.54, 1.807) is 0 Å². The Morgan fingerprint density at radius 2 is 2.06 bits per heavy atom. The molecule has 0 aliphatic rings. The minimum absolute atomic E-state index is 0.222. The van der Waals surface area contributed by atoms with Gasteiger partial charge in [-0.1, -0.05) is 11.6 Å². The molecule has 0 bridgehead atoms. The highest BCUT2D eigenvalue weighted by Crippen LogP contribution is 2.19. The number of nitrogens with one attached hydrogen (secondary N) is 1. The second-order valence-electron chi connectivity index (χ2n) is 4.10. The monoisotopic (exact) mass is 276 g/mol. The summed E-state index contributed by atoms with van der Waals surface area (Å²) in [4.78, 5) is 15.6. The molecule has 0 saturated carbocycles. The zero-order valence-corrected chi connectivity index (χ0v) is 11.3. The maximum atomic E-state index is 11.8. The second-order valence-corrected chi connectivity index (χ2v) is 7.06. The van der Waals surface area contributed by atoms with Gasteiger partial charge in [0.05, 0.1) is 0 Å². The molecule has 0 fully saturated rings. The Kier molecular flexibility index (Phi) is 3.78. The minimum Gasteiger partial charge on any atom is -0.325 e. The predicted octanol–water partition coefficient (Wildman–Crippen LogP) is 1.50. The van der Waals surface area contributed by atoms with Gasteiger partial charge in [-0.3, -0.25) is 4.79 Å². The van der Waals surface area contributed by atoms with E-state index >= 15 is 0 Å². The third kappa shape index (κ3) is 3.17. The molecule has 7 heteroatoms. The van der Waals surface area contributed by atoms with Crippen LogP contribution in [0, 0.1) is 0 Å². The zero-order chi connectivity index (χ0) is 13.3. The van der Waals surface area contributed by atoms with Crippen molar-refractivity contribution in [2.45, 2.75) is 18.6 Å². The fourth-order valence-corrected chi connectivity index (χ4v) is 1.49. The molecule has 0 unspecified atom stereocenters. The highest BCUT2D eigenvalue weighted by Gasteiger charge is 2.38. The number of anilines is 1. The lowest BCUT2D eigenvalue weighted by atomic mass is 10.2. The minimum atomic E-state index is -3.49. The SMILES string of the molecule is CC(C)(C(=O)Nc1ccnc(Cl)c1)S(C)(=O)=O. The summed E-state index contributed by atoms with van der Waals surface area (Å²) in [6.07, 6.45) is 2.44. The number of halogens is 1. The second kappa shape index (κ2) is 4.62. The third-order valence-corrected chi connectivity index (χ3v) is 4.70. The van der Waals surface area contributed by atoms with Gasteiger partial charge in [-0.15, -0.1) is 0 Å². The molecule has 1 N–H and O–H groups in total. The number of amides is 1. The van der Waals surface area contributed by atoms with Crippen LogP contribution >= 0.6 is 11.6 Å². The van der Waals surface area contributed by atoms with E-state index in [1.807, 2.05) is 0 Å². The molecule has 1 aromatic rings. The molecule has 17 heavy (non-hydrogen) atoms. The standard InChI is InChI=1S/C10H13ClN2O3S/c1-10(2,17(3,15)16)9(14)13-7-4-5-12-8(11)6-7/h4-6H,1-3H3,(H,12,13,14). The summed E-state index contributed by atoms with van der Waals surface area (Å²) >= 11 is 5.65. The average Bonchev–Trinajstić information content (AvgIpc) is 2.15. The Labute approximate surface area is 105 Å². The van der Waals surface area contributed by atoms with E-state index in [0.29, 0.717) is 5.69 Å². The van der Waals surface area contributed by atoms with Crippen LogP contribution in [0.2, 0.25) is 5.15 Å². The lowest BCUT2D eigenvalue weighted by molar-refractivity contribution is -0.117. The Balaban J connectivity index is 2.95. The van der Waals surface area contributed by atoms with E-state index in [0.717, 1.165) is 6.26 Å². The van der Waals surface area contributed by atoms with Crippen molar-refractivity contribution in [3.63, 3.8) is 0 Å². The summed E-state index contributed by atoms with van der Waals surface area (Å²) in [6, 6.07) is 2.97. The summed E-state index contributed by atoms with van der Waals surface area (Å²) in [6.45, 7) is 2.70. The number of sulfone groups is 1. The van der Waals surface area contributed by atoms with Gasteiger partial charge in [-0.2, -0.15) is 0 Å². The van der Waals surface area contributed by atoms with Crippen LogP contribution in [0.15, 0.2) is 18.3 Å². The largest absolute Gasteiger partial charge is 0.325 e. The van der Waals surface area contributed by atoms with Crippen LogP contribution in [0.3, 0.4) is 0 Å². The quantitative estimate of drug-likeness (QED) is 0.849. The molecule has 0 radical (unpaired) electrons. The van der Waals surface area contributed by atoms with Gasteiger partial charge in [0.25, 0.3) is 0 Å². The number of nitrogens with zero attached hydrogens (tertiary/aromatic N) is 1. The molecule has 1 aromatic heterocycles. The maximum Gasteiger partial charge on any atom is 0.245 e. The lowest BCUT2D eigenvalue weighted by Gasteiger charge is -2.21. The van der Waals surface area contributed by atoms with Gasteiger partial charge in [0, 0.05) is 18.1 Å². The summed E-state index contributed by atoms with van der Waals surface area (Å²) in [5, 5.41) is 2.71. The summed E-state index contributed by atoms with van der Waals surface area (Å²) in [5.41, 5.74) is 0.409. The summed E-state index contributed by atoms with van der Waals surface area (Å²) in [7, 11) is -3.49. The smallest absolute Gasteiger partial charge is 0.245 e. The number of aromatic nitrogens is 1. The van der Waals surface area contributed by atoms with Gasteiger partial charge in [0.15, 0.2) is 9.84 Å². The Hall–Kier alpha value is -1.14. The van der Waals surface area contributed by atoms with Gasteiger partial charge in [-0.25, -0.2) is 13.4 Å². The van der Waals surface area contributed by atoms with Crippen LogP contribution in [0.1, 0.15) is 13.8 Å². The number of pyridine rings is 1. The molecule has 0 aromatic carbocycles. The Morgan fingerprint density at radius 1 is 1.47 bits per heavy atom. The number of hydrogen-bond donors (Lipinski definition) is 1. The van der Waals surface area contributed by atoms with E-state index in [9.17, 15) is 13.2 Å². The van der Waals surface area contributed by atoms with Crippen molar-refractivity contribution in [2.75, 3.05) is 11.6 Å². The van der Waals surface area contributed by atoms with Crippen molar-refractivity contribution in [3.8, 4) is 0 Å². The van der Waals surface area contributed by atoms with Crippen molar-refractivity contribution in [3.05, 3.63) is 23.5 Å². The summed E-state index contributed by atoms with van der Waals surface area (Å²) < 4.78 is 21.4. The molecule has 0 spiro atoms. The van der Waals surface area contributed by atoms with Crippen molar-refractivity contribution in [1.29, 1.82) is 0 Å². The topological polar surface area (TPSA) is 76.1 Å². The number of carbonyl (C=O) groups excluding carboxylic acids is 1. The normalized spacial score (nSPS) is 12.2. The highest BCUT2D eigenvalue weighted by atomic mass is 35.5. The van der Waals surface area contributed by atoms with Gasteiger partial charge in [0.1, 0.15) is 9.90 Å². The zero-order valence-electron chi connectivity index (χ0n) is 9.69. The van der Waals surface area contributed by atoms with E-state index in [2.05, 4.69) is 10.3 Å².